The fourth-order valence-electron chi connectivity index (χ4n) is 2.02. The van der Waals surface area contributed by atoms with Crippen molar-refractivity contribution in [2.45, 2.75) is 32.8 Å². The molecule has 0 radical (unpaired) electrons. The summed E-state index contributed by atoms with van der Waals surface area (Å²) >= 11 is 0. The standard InChI is InChI=1S/C12H20N4O2/c1-9-10(2)14-15-12(13-9)16-5-3-11(4-6-16)18-8-7-17/h11,17H,3-8H2,1-2H3. The van der Waals surface area contributed by atoms with Crippen molar-refractivity contribution < 1.29 is 9.84 Å². The lowest BCUT2D eigenvalue weighted by Crippen LogP contribution is -2.38. The number of aliphatic hydroxyl groups excluding tert-OH is 1. The second-order valence-electron chi connectivity index (χ2n) is 4.56. The molecule has 6 nitrogen and oxygen atoms in total. The molecule has 100 valence electrons. The Morgan fingerprint density at radius 1 is 1.22 bits per heavy atom. The molecule has 0 spiro atoms. The molecular weight excluding hydrogens is 232 g/mol. The normalized spacial score (nSPS) is 17.2. The summed E-state index contributed by atoms with van der Waals surface area (Å²) in [5, 5.41) is 17.0. The second-order valence-corrected chi connectivity index (χ2v) is 4.56. The highest BCUT2D eigenvalue weighted by atomic mass is 16.5. The summed E-state index contributed by atoms with van der Waals surface area (Å²) in [6, 6.07) is 0. The van der Waals surface area contributed by atoms with Crippen LogP contribution in [0.4, 0.5) is 5.95 Å². The number of anilines is 1. The van der Waals surface area contributed by atoms with Gasteiger partial charge in [-0.3, -0.25) is 0 Å². The third-order valence-electron chi connectivity index (χ3n) is 3.25. The number of aliphatic hydroxyl groups is 1. The molecule has 6 heteroatoms. The van der Waals surface area contributed by atoms with Crippen LogP contribution >= 0.6 is 0 Å². The van der Waals surface area contributed by atoms with Gasteiger partial charge in [-0.15, -0.1) is 5.10 Å². The first-order chi connectivity index (χ1) is 8.70. The van der Waals surface area contributed by atoms with Crippen molar-refractivity contribution in [1.82, 2.24) is 15.2 Å². The first-order valence-corrected chi connectivity index (χ1v) is 6.36. The van der Waals surface area contributed by atoms with Crippen LogP contribution < -0.4 is 4.90 Å². The van der Waals surface area contributed by atoms with Gasteiger partial charge in [-0.05, 0) is 26.7 Å². The van der Waals surface area contributed by atoms with Crippen molar-refractivity contribution >= 4 is 5.95 Å². The van der Waals surface area contributed by atoms with Gasteiger partial charge in [-0.2, -0.15) is 5.10 Å². The predicted molar refractivity (Wildman–Crippen MR) is 67.6 cm³/mol. The number of hydrogen-bond donors (Lipinski definition) is 1. The van der Waals surface area contributed by atoms with E-state index in [1.165, 1.54) is 0 Å². The second kappa shape index (κ2) is 6.06. The largest absolute Gasteiger partial charge is 0.394 e. The van der Waals surface area contributed by atoms with E-state index in [1.807, 2.05) is 13.8 Å². The Bertz CT molecular complexity index is 392. The molecule has 18 heavy (non-hydrogen) atoms. The number of piperidine rings is 1. The molecular formula is C12H20N4O2. The third-order valence-corrected chi connectivity index (χ3v) is 3.25. The van der Waals surface area contributed by atoms with Crippen molar-refractivity contribution in [1.29, 1.82) is 0 Å². The summed E-state index contributed by atoms with van der Waals surface area (Å²) in [5.74, 6) is 0.707. The predicted octanol–water partition coefficient (Wildman–Crippen LogP) is 0.466. The zero-order chi connectivity index (χ0) is 13.0. The smallest absolute Gasteiger partial charge is 0.245 e. The number of aryl methyl sites for hydroxylation is 2. The maximum Gasteiger partial charge on any atom is 0.245 e. The lowest BCUT2D eigenvalue weighted by molar-refractivity contribution is 0.0157. The minimum atomic E-state index is 0.0877. The molecule has 1 saturated heterocycles. The zero-order valence-corrected chi connectivity index (χ0v) is 11.0. The van der Waals surface area contributed by atoms with E-state index in [9.17, 15) is 0 Å². The summed E-state index contributed by atoms with van der Waals surface area (Å²) in [4.78, 5) is 6.59. The van der Waals surface area contributed by atoms with Gasteiger partial charge in [-0.1, -0.05) is 0 Å². The molecule has 0 atom stereocenters. The van der Waals surface area contributed by atoms with Gasteiger partial charge in [-0.25, -0.2) is 4.98 Å². The minimum absolute atomic E-state index is 0.0877. The molecule has 1 N–H and O–H groups in total. The van der Waals surface area contributed by atoms with Gasteiger partial charge >= 0.3 is 0 Å². The Morgan fingerprint density at radius 3 is 2.56 bits per heavy atom. The Balaban J connectivity index is 1.90. The Hall–Kier alpha value is -1.27. The van der Waals surface area contributed by atoms with E-state index in [0.717, 1.165) is 37.3 Å². The fraction of sp³-hybridized carbons (Fsp3) is 0.750. The van der Waals surface area contributed by atoms with Crippen molar-refractivity contribution in [3.8, 4) is 0 Å². The molecule has 1 aromatic rings. The van der Waals surface area contributed by atoms with Gasteiger partial charge in [0.25, 0.3) is 0 Å². The summed E-state index contributed by atoms with van der Waals surface area (Å²) < 4.78 is 5.53. The third kappa shape index (κ3) is 3.14. The highest BCUT2D eigenvalue weighted by Crippen LogP contribution is 2.18. The SMILES string of the molecule is Cc1nnc(N2CCC(OCCO)CC2)nc1C. The molecule has 0 aliphatic carbocycles. The number of rotatable bonds is 4. The molecule has 2 rings (SSSR count). The molecule has 0 saturated carbocycles. The van der Waals surface area contributed by atoms with Crippen molar-refractivity contribution in [2.75, 3.05) is 31.2 Å². The van der Waals surface area contributed by atoms with Gasteiger partial charge in [0, 0.05) is 13.1 Å². The van der Waals surface area contributed by atoms with E-state index in [-0.39, 0.29) is 12.7 Å². The van der Waals surface area contributed by atoms with Gasteiger partial charge < -0.3 is 14.7 Å². The van der Waals surface area contributed by atoms with E-state index >= 15 is 0 Å². The van der Waals surface area contributed by atoms with Crippen LogP contribution in [0.5, 0.6) is 0 Å². The molecule has 2 heterocycles. The first-order valence-electron chi connectivity index (χ1n) is 6.36. The molecule has 0 aromatic carbocycles. The topological polar surface area (TPSA) is 71.4 Å². The van der Waals surface area contributed by atoms with Crippen LogP contribution in [0.15, 0.2) is 0 Å². The van der Waals surface area contributed by atoms with E-state index in [4.69, 9.17) is 9.84 Å². The lowest BCUT2D eigenvalue weighted by atomic mass is 10.1. The Kier molecular flexibility index (Phi) is 4.43. The maximum atomic E-state index is 8.72. The summed E-state index contributed by atoms with van der Waals surface area (Å²) in [7, 11) is 0. The Labute approximate surface area is 107 Å². The van der Waals surface area contributed by atoms with Gasteiger partial charge in [0.2, 0.25) is 5.95 Å². The van der Waals surface area contributed by atoms with Gasteiger partial charge in [0.1, 0.15) is 0 Å². The van der Waals surface area contributed by atoms with Crippen LogP contribution in [-0.4, -0.2) is 52.7 Å². The highest BCUT2D eigenvalue weighted by molar-refractivity contribution is 5.30. The monoisotopic (exact) mass is 252 g/mol. The quantitative estimate of drug-likeness (QED) is 0.839. The van der Waals surface area contributed by atoms with Crippen LogP contribution in [0.25, 0.3) is 0 Å². The van der Waals surface area contributed by atoms with Crippen LogP contribution in [-0.2, 0) is 4.74 Å². The van der Waals surface area contributed by atoms with Crippen LogP contribution in [0.2, 0.25) is 0 Å². The maximum absolute atomic E-state index is 8.72. The van der Waals surface area contributed by atoms with Crippen LogP contribution in [0.3, 0.4) is 0 Å². The zero-order valence-electron chi connectivity index (χ0n) is 11.0. The van der Waals surface area contributed by atoms with Crippen molar-refractivity contribution in [3.05, 3.63) is 11.4 Å². The Morgan fingerprint density at radius 2 is 1.94 bits per heavy atom. The van der Waals surface area contributed by atoms with E-state index in [2.05, 4.69) is 20.1 Å². The van der Waals surface area contributed by atoms with E-state index in [1.54, 1.807) is 0 Å². The number of aromatic nitrogens is 3. The first kappa shape index (κ1) is 13.2. The van der Waals surface area contributed by atoms with E-state index in [0.29, 0.717) is 12.6 Å². The average molecular weight is 252 g/mol. The molecule has 1 aromatic heterocycles. The lowest BCUT2D eigenvalue weighted by Gasteiger charge is -2.31. The number of nitrogens with zero attached hydrogens (tertiary/aromatic N) is 4. The summed E-state index contributed by atoms with van der Waals surface area (Å²) in [6.07, 6.45) is 2.12. The molecule has 1 fully saturated rings. The van der Waals surface area contributed by atoms with Crippen molar-refractivity contribution in [3.63, 3.8) is 0 Å². The molecule has 1 aliphatic heterocycles. The number of ether oxygens (including phenoxy) is 1. The van der Waals surface area contributed by atoms with Crippen LogP contribution in [0, 0.1) is 13.8 Å². The fourth-order valence-corrected chi connectivity index (χ4v) is 2.02. The van der Waals surface area contributed by atoms with Gasteiger partial charge in [0.05, 0.1) is 30.7 Å². The molecule has 1 aliphatic rings. The van der Waals surface area contributed by atoms with Gasteiger partial charge in [0.15, 0.2) is 0 Å². The minimum Gasteiger partial charge on any atom is -0.394 e. The average Bonchev–Trinajstić information content (AvgIpc) is 2.40. The van der Waals surface area contributed by atoms with E-state index < -0.39 is 0 Å². The molecule has 0 amide bonds. The summed E-state index contributed by atoms with van der Waals surface area (Å²) in [6.45, 7) is 6.12. The number of hydrogen-bond acceptors (Lipinski definition) is 6. The van der Waals surface area contributed by atoms with Crippen LogP contribution in [0.1, 0.15) is 24.2 Å². The van der Waals surface area contributed by atoms with Crippen molar-refractivity contribution in [2.24, 2.45) is 0 Å². The molecule has 0 bridgehead atoms. The summed E-state index contributed by atoms with van der Waals surface area (Å²) in [5.41, 5.74) is 1.80. The highest BCUT2D eigenvalue weighted by Gasteiger charge is 2.21. The molecule has 0 unspecified atom stereocenters.